The number of carbonyl (C=O) groups is 1. The van der Waals surface area contributed by atoms with Gasteiger partial charge in [0.05, 0.1) is 5.54 Å². The standard InChI is InChI=1S/C15H20BrNO2/c1-10-7-11(9-12(16)8-10)15(5-6-15)17-13(18)19-14(2,3)4/h7-9H,5-6H2,1-4H3,(H,17,18). The van der Waals surface area contributed by atoms with Crippen LogP contribution in [0, 0.1) is 6.92 Å². The van der Waals surface area contributed by atoms with Crippen LogP contribution in [0.4, 0.5) is 4.79 Å². The summed E-state index contributed by atoms with van der Waals surface area (Å²) in [6.45, 7) is 7.66. The molecule has 1 aromatic rings. The number of alkyl carbamates (subject to hydrolysis) is 1. The van der Waals surface area contributed by atoms with Crippen LogP contribution in [0.5, 0.6) is 0 Å². The van der Waals surface area contributed by atoms with Crippen molar-refractivity contribution in [3.05, 3.63) is 33.8 Å². The topological polar surface area (TPSA) is 38.3 Å². The molecular formula is C15H20BrNO2. The maximum absolute atomic E-state index is 11.9. The minimum absolute atomic E-state index is 0.239. The van der Waals surface area contributed by atoms with E-state index in [1.165, 1.54) is 5.56 Å². The van der Waals surface area contributed by atoms with Crippen molar-refractivity contribution in [2.24, 2.45) is 0 Å². The summed E-state index contributed by atoms with van der Waals surface area (Å²) in [5, 5.41) is 3.01. The number of carbonyl (C=O) groups excluding carboxylic acids is 1. The van der Waals surface area contributed by atoms with Crippen molar-refractivity contribution < 1.29 is 9.53 Å². The molecule has 0 radical (unpaired) electrons. The number of amides is 1. The Balaban J connectivity index is 2.13. The molecule has 4 heteroatoms. The van der Waals surface area contributed by atoms with Crippen LogP contribution in [0.15, 0.2) is 22.7 Å². The minimum atomic E-state index is -0.465. The summed E-state index contributed by atoms with van der Waals surface area (Å²) < 4.78 is 6.38. The highest BCUT2D eigenvalue weighted by Crippen LogP contribution is 2.46. The molecule has 2 rings (SSSR count). The third kappa shape index (κ3) is 3.72. The average molecular weight is 326 g/mol. The van der Waals surface area contributed by atoms with Crippen molar-refractivity contribution in [3.63, 3.8) is 0 Å². The predicted octanol–water partition coefficient (Wildman–Crippen LogP) is 4.27. The van der Waals surface area contributed by atoms with Gasteiger partial charge in [-0.3, -0.25) is 0 Å². The lowest BCUT2D eigenvalue weighted by atomic mass is 10.0. The molecule has 0 heterocycles. The van der Waals surface area contributed by atoms with Crippen LogP contribution in [0.1, 0.15) is 44.7 Å². The Kier molecular flexibility index (Phi) is 3.65. The number of ether oxygens (including phenoxy) is 1. The Hall–Kier alpha value is -1.03. The fourth-order valence-electron chi connectivity index (χ4n) is 2.12. The van der Waals surface area contributed by atoms with Gasteiger partial charge in [0.25, 0.3) is 0 Å². The van der Waals surface area contributed by atoms with Crippen LogP contribution in [-0.4, -0.2) is 11.7 Å². The summed E-state index contributed by atoms with van der Waals surface area (Å²) in [5.41, 5.74) is 1.62. The van der Waals surface area contributed by atoms with Crippen molar-refractivity contribution in [1.82, 2.24) is 5.32 Å². The Morgan fingerprint density at radius 1 is 1.32 bits per heavy atom. The van der Waals surface area contributed by atoms with Crippen LogP contribution in [0.2, 0.25) is 0 Å². The van der Waals surface area contributed by atoms with Gasteiger partial charge in [0, 0.05) is 4.47 Å². The highest BCUT2D eigenvalue weighted by molar-refractivity contribution is 9.10. The average Bonchev–Trinajstić information content (AvgIpc) is 2.93. The summed E-state index contributed by atoms with van der Waals surface area (Å²) in [6.07, 6.45) is 1.58. The molecule has 19 heavy (non-hydrogen) atoms. The maximum atomic E-state index is 11.9. The fraction of sp³-hybridized carbons (Fsp3) is 0.533. The molecule has 0 atom stereocenters. The molecule has 0 saturated heterocycles. The Labute approximate surface area is 122 Å². The SMILES string of the molecule is Cc1cc(Br)cc(C2(NC(=O)OC(C)(C)C)CC2)c1. The Morgan fingerprint density at radius 3 is 2.42 bits per heavy atom. The van der Waals surface area contributed by atoms with Gasteiger partial charge in [-0.1, -0.05) is 22.0 Å². The zero-order valence-corrected chi connectivity index (χ0v) is 13.4. The van der Waals surface area contributed by atoms with Crippen molar-refractivity contribution in [1.29, 1.82) is 0 Å². The zero-order valence-electron chi connectivity index (χ0n) is 11.8. The molecule has 1 N–H and O–H groups in total. The van der Waals surface area contributed by atoms with E-state index in [0.29, 0.717) is 0 Å². The van der Waals surface area contributed by atoms with Crippen LogP contribution in [0.25, 0.3) is 0 Å². The number of benzene rings is 1. The molecule has 3 nitrogen and oxygen atoms in total. The molecule has 1 saturated carbocycles. The number of nitrogens with one attached hydrogen (secondary N) is 1. The van der Waals surface area contributed by atoms with Gasteiger partial charge in [0.1, 0.15) is 5.60 Å². The van der Waals surface area contributed by atoms with Gasteiger partial charge in [0.2, 0.25) is 0 Å². The van der Waals surface area contributed by atoms with E-state index in [-0.39, 0.29) is 11.6 Å². The van der Waals surface area contributed by atoms with E-state index in [4.69, 9.17) is 4.74 Å². The highest BCUT2D eigenvalue weighted by atomic mass is 79.9. The molecule has 1 amide bonds. The summed E-state index contributed by atoms with van der Waals surface area (Å²) in [6, 6.07) is 6.25. The first-order chi connectivity index (χ1) is 8.70. The third-order valence-corrected chi connectivity index (χ3v) is 3.54. The first kappa shape index (κ1) is 14.4. The first-order valence-corrected chi connectivity index (χ1v) is 7.28. The van der Waals surface area contributed by atoms with Crippen LogP contribution in [0.3, 0.4) is 0 Å². The lowest BCUT2D eigenvalue weighted by Crippen LogP contribution is -2.39. The Bertz CT molecular complexity index is 481. The molecule has 0 aromatic heterocycles. The molecule has 1 fully saturated rings. The highest BCUT2D eigenvalue weighted by Gasteiger charge is 2.46. The van der Waals surface area contributed by atoms with Gasteiger partial charge in [-0.25, -0.2) is 4.79 Å². The van der Waals surface area contributed by atoms with E-state index in [9.17, 15) is 4.79 Å². The van der Waals surface area contributed by atoms with Crippen molar-refractivity contribution in [2.75, 3.05) is 0 Å². The number of aryl methyl sites for hydroxylation is 1. The van der Waals surface area contributed by atoms with Crippen LogP contribution < -0.4 is 5.32 Å². The summed E-state index contributed by atoms with van der Waals surface area (Å²) >= 11 is 3.50. The van der Waals surface area contributed by atoms with E-state index in [1.54, 1.807) is 0 Å². The van der Waals surface area contributed by atoms with E-state index in [1.807, 2.05) is 20.8 Å². The fourth-order valence-corrected chi connectivity index (χ4v) is 2.73. The number of rotatable bonds is 2. The molecule has 0 bridgehead atoms. The molecule has 1 aliphatic carbocycles. The lowest BCUT2D eigenvalue weighted by Gasteiger charge is -2.24. The number of hydrogen-bond donors (Lipinski definition) is 1. The second kappa shape index (κ2) is 4.82. The van der Waals surface area contributed by atoms with E-state index in [0.717, 1.165) is 22.9 Å². The van der Waals surface area contributed by atoms with Gasteiger partial charge in [-0.2, -0.15) is 0 Å². The first-order valence-electron chi connectivity index (χ1n) is 6.49. The zero-order chi connectivity index (χ0) is 14.3. The lowest BCUT2D eigenvalue weighted by molar-refractivity contribution is 0.0495. The monoisotopic (exact) mass is 325 g/mol. The van der Waals surface area contributed by atoms with Gasteiger partial charge in [0.15, 0.2) is 0 Å². The molecule has 1 aliphatic rings. The molecule has 1 aromatic carbocycles. The smallest absolute Gasteiger partial charge is 0.408 e. The predicted molar refractivity (Wildman–Crippen MR) is 79.2 cm³/mol. The van der Waals surface area contributed by atoms with Gasteiger partial charge < -0.3 is 10.1 Å². The van der Waals surface area contributed by atoms with E-state index >= 15 is 0 Å². The summed E-state index contributed by atoms with van der Waals surface area (Å²) in [4.78, 5) is 11.9. The largest absolute Gasteiger partial charge is 0.444 e. The summed E-state index contributed by atoms with van der Waals surface area (Å²) in [7, 11) is 0. The van der Waals surface area contributed by atoms with Crippen molar-refractivity contribution in [3.8, 4) is 0 Å². The number of hydrogen-bond acceptors (Lipinski definition) is 2. The summed E-state index contributed by atoms with van der Waals surface area (Å²) in [5.74, 6) is 0. The van der Waals surface area contributed by atoms with E-state index in [2.05, 4.69) is 46.4 Å². The maximum Gasteiger partial charge on any atom is 0.408 e. The number of halogens is 1. The Morgan fingerprint density at radius 2 is 1.95 bits per heavy atom. The molecular weight excluding hydrogens is 306 g/mol. The quantitative estimate of drug-likeness (QED) is 0.881. The normalized spacial score (nSPS) is 16.9. The minimum Gasteiger partial charge on any atom is -0.444 e. The molecule has 0 unspecified atom stereocenters. The molecule has 0 aliphatic heterocycles. The van der Waals surface area contributed by atoms with Crippen molar-refractivity contribution in [2.45, 2.75) is 51.7 Å². The van der Waals surface area contributed by atoms with Crippen LogP contribution >= 0.6 is 15.9 Å². The van der Waals surface area contributed by atoms with Gasteiger partial charge in [-0.05, 0) is 63.8 Å². The van der Waals surface area contributed by atoms with Crippen LogP contribution in [-0.2, 0) is 10.3 Å². The van der Waals surface area contributed by atoms with Gasteiger partial charge in [-0.15, -0.1) is 0 Å². The second-order valence-electron chi connectivity index (χ2n) is 6.23. The van der Waals surface area contributed by atoms with Crippen molar-refractivity contribution >= 4 is 22.0 Å². The molecule has 104 valence electrons. The van der Waals surface area contributed by atoms with E-state index < -0.39 is 5.60 Å². The molecule has 0 spiro atoms. The second-order valence-corrected chi connectivity index (χ2v) is 7.14. The third-order valence-electron chi connectivity index (χ3n) is 3.08. The van der Waals surface area contributed by atoms with Gasteiger partial charge >= 0.3 is 6.09 Å².